The normalized spacial score (nSPS) is 14.5. The van der Waals surface area contributed by atoms with Crippen molar-refractivity contribution in [2.45, 2.75) is 11.4 Å². The monoisotopic (exact) mass is 269 g/mol. The van der Waals surface area contributed by atoms with Gasteiger partial charge >= 0.3 is 21.5 Å². The molecule has 10 heteroatoms. The van der Waals surface area contributed by atoms with Crippen LogP contribution < -0.4 is 0 Å². The van der Waals surface area contributed by atoms with Gasteiger partial charge in [0.15, 0.2) is 0 Å². The molecule has 0 bridgehead atoms. The fourth-order valence-electron chi connectivity index (χ4n) is 0.591. The van der Waals surface area contributed by atoms with E-state index in [-0.39, 0.29) is 6.54 Å². The van der Waals surface area contributed by atoms with Gasteiger partial charge in [0.1, 0.15) is 0 Å². The summed E-state index contributed by atoms with van der Waals surface area (Å²) in [6.07, 6.45) is -5.28. The van der Waals surface area contributed by atoms with Crippen LogP contribution in [0.25, 0.3) is 0 Å². The van der Waals surface area contributed by atoms with Crippen molar-refractivity contribution in [3.8, 4) is 0 Å². The maximum atomic E-state index is 12.6. The zero-order chi connectivity index (χ0) is 13.2. The number of alkyl halides is 4. The molecule has 0 aliphatic heterocycles. The molecule has 0 fully saturated rings. The summed E-state index contributed by atoms with van der Waals surface area (Å²) < 4.78 is 81.7. The van der Waals surface area contributed by atoms with Crippen LogP contribution in [-0.2, 0) is 14.9 Å². The first-order valence-electron chi connectivity index (χ1n) is 3.93. The van der Waals surface area contributed by atoms with Crippen LogP contribution in [0.3, 0.4) is 0 Å². The first-order chi connectivity index (χ1) is 6.92. The van der Waals surface area contributed by atoms with Gasteiger partial charge in [-0.2, -0.15) is 26.0 Å². The molecule has 0 atom stereocenters. The molecule has 0 aromatic carbocycles. The number of hydrogen-bond donors (Lipinski definition) is 1. The Labute approximate surface area is 89.7 Å². The van der Waals surface area contributed by atoms with Gasteiger partial charge in [0.2, 0.25) is 0 Å². The van der Waals surface area contributed by atoms with Gasteiger partial charge in [-0.25, -0.2) is 0 Å². The predicted molar refractivity (Wildman–Crippen MR) is 45.9 cm³/mol. The molecule has 0 amide bonds. The van der Waals surface area contributed by atoms with Crippen molar-refractivity contribution in [2.24, 2.45) is 0 Å². The van der Waals surface area contributed by atoms with Crippen LogP contribution in [0, 0.1) is 0 Å². The Balaban J connectivity index is 4.66. The molecule has 0 aromatic rings. The molecule has 0 aliphatic carbocycles. The zero-order valence-corrected chi connectivity index (χ0v) is 9.27. The average molecular weight is 269 g/mol. The molecule has 0 aliphatic rings. The van der Waals surface area contributed by atoms with E-state index in [1.807, 2.05) is 0 Å². The number of ether oxygens (including phenoxy) is 1. The van der Waals surface area contributed by atoms with E-state index >= 15 is 0 Å². The molecule has 0 heterocycles. The summed E-state index contributed by atoms with van der Waals surface area (Å²) in [6.45, 7) is -0.928. The second kappa shape index (κ2) is 4.82. The maximum Gasteiger partial charge on any atom is 0.459 e. The van der Waals surface area contributed by atoms with Crippen LogP contribution in [0.15, 0.2) is 0 Å². The summed E-state index contributed by atoms with van der Waals surface area (Å²) in [5.41, 5.74) is 0. The Kier molecular flexibility index (Phi) is 4.68. The molecule has 0 aromatic heterocycles. The van der Waals surface area contributed by atoms with E-state index in [1.54, 1.807) is 0 Å². The quantitative estimate of drug-likeness (QED) is 0.566. The van der Waals surface area contributed by atoms with E-state index in [9.17, 15) is 26.0 Å². The van der Waals surface area contributed by atoms with Crippen molar-refractivity contribution in [1.29, 1.82) is 0 Å². The Hall–Kier alpha value is -0.450. The summed E-state index contributed by atoms with van der Waals surface area (Å²) in [7, 11) is -3.28. The second-order valence-electron chi connectivity index (χ2n) is 3.16. The minimum atomic E-state index is -6.23. The summed E-state index contributed by atoms with van der Waals surface area (Å²) in [5.74, 6) is 0. The summed E-state index contributed by atoms with van der Waals surface area (Å²) in [5, 5.41) is -5.67. The Morgan fingerprint density at radius 3 is 2.00 bits per heavy atom. The zero-order valence-electron chi connectivity index (χ0n) is 8.45. The molecule has 98 valence electrons. The van der Waals surface area contributed by atoms with E-state index in [2.05, 4.69) is 4.74 Å². The largest absolute Gasteiger partial charge is 0.459 e. The van der Waals surface area contributed by atoms with E-state index in [1.165, 1.54) is 19.0 Å². The Bertz CT molecular complexity index is 329. The number of halogens is 4. The van der Waals surface area contributed by atoms with E-state index in [0.29, 0.717) is 0 Å². The van der Waals surface area contributed by atoms with E-state index < -0.39 is 28.1 Å². The highest BCUT2D eigenvalue weighted by molar-refractivity contribution is 7.86. The van der Waals surface area contributed by atoms with Crippen LogP contribution >= 0.6 is 0 Å². The average Bonchev–Trinajstić information content (AvgIpc) is 2.00. The number of nitrogens with zero attached hydrogens (tertiary/aromatic N) is 1. The highest BCUT2D eigenvalue weighted by Crippen LogP contribution is 2.38. The van der Waals surface area contributed by atoms with E-state index in [0.717, 1.165) is 0 Å². The van der Waals surface area contributed by atoms with Crippen molar-refractivity contribution in [1.82, 2.24) is 4.90 Å². The van der Waals surface area contributed by atoms with Crippen molar-refractivity contribution in [2.75, 3.05) is 27.2 Å². The molecule has 0 spiro atoms. The lowest BCUT2D eigenvalue weighted by atomic mass is 10.6. The third kappa shape index (κ3) is 3.54. The van der Waals surface area contributed by atoms with Crippen LogP contribution in [0.1, 0.15) is 0 Å². The van der Waals surface area contributed by atoms with Crippen molar-refractivity contribution in [3.05, 3.63) is 0 Å². The lowest BCUT2D eigenvalue weighted by Crippen LogP contribution is -2.49. The smallest absolute Gasteiger partial charge is 0.313 e. The first kappa shape index (κ1) is 15.6. The first-order valence-corrected chi connectivity index (χ1v) is 5.37. The molecular formula is C6H11F4NO4S. The number of hydrogen-bond acceptors (Lipinski definition) is 4. The van der Waals surface area contributed by atoms with Crippen LogP contribution in [0.4, 0.5) is 17.6 Å². The van der Waals surface area contributed by atoms with Crippen molar-refractivity contribution in [3.63, 3.8) is 0 Å². The van der Waals surface area contributed by atoms with Gasteiger partial charge in [0, 0.05) is 6.54 Å². The Morgan fingerprint density at radius 2 is 1.69 bits per heavy atom. The molecule has 0 saturated carbocycles. The SMILES string of the molecule is CN(C)CCOC(F)(F)C(F)(F)S(=O)(=O)O. The van der Waals surface area contributed by atoms with Gasteiger partial charge in [0.05, 0.1) is 6.61 Å². The standard InChI is InChI=1S/C6H11F4NO4S/c1-11(2)3-4-15-5(7,8)6(9,10)16(12,13)14/h3-4H2,1-2H3,(H,12,13,14). The fourth-order valence-corrected chi connectivity index (χ4v) is 0.950. The molecule has 0 saturated heterocycles. The maximum absolute atomic E-state index is 12.6. The van der Waals surface area contributed by atoms with Crippen molar-refractivity contribution >= 4 is 10.1 Å². The summed E-state index contributed by atoms with van der Waals surface area (Å²) in [6, 6.07) is 0. The van der Waals surface area contributed by atoms with Gasteiger partial charge in [-0.05, 0) is 14.1 Å². The van der Waals surface area contributed by atoms with Gasteiger partial charge < -0.3 is 9.64 Å². The lowest BCUT2D eigenvalue weighted by molar-refractivity contribution is -0.318. The van der Waals surface area contributed by atoms with Gasteiger partial charge in [-0.3, -0.25) is 4.55 Å². The van der Waals surface area contributed by atoms with Crippen LogP contribution in [-0.4, -0.2) is 56.5 Å². The van der Waals surface area contributed by atoms with E-state index in [4.69, 9.17) is 4.55 Å². The minimum absolute atomic E-state index is 0.114. The Morgan fingerprint density at radius 1 is 1.25 bits per heavy atom. The molecule has 0 unspecified atom stereocenters. The third-order valence-electron chi connectivity index (χ3n) is 1.48. The predicted octanol–water partition coefficient (Wildman–Crippen LogP) is 0.638. The van der Waals surface area contributed by atoms with Gasteiger partial charge in [0.25, 0.3) is 0 Å². The molecule has 0 rings (SSSR count). The summed E-state index contributed by atoms with van der Waals surface area (Å²) >= 11 is 0. The molecule has 5 nitrogen and oxygen atoms in total. The van der Waals surface area contributed by atoms with Crippen LogP contribution in [0.2, 0.25) is 0 Å². The molecule has 0 radical (unpaired) electrons. The van der Waals surface area contributed by atoms with Gasteiger partial charge in [-0.15, -0.1) is 0 Å². The highest BCUT2D eigenvalue weighted by atomic mass is 32.2. The van der Waals surface area contributed by atoms with Gasteiger partial charge in [-0.1, -0.05) is 0 Å². The van der Waals surface area contributed by atoms with Crippen LogP contribution in [0.5, 0.6) is 0 Å². The minimum Gasteiger partial charge on any atom is -0.313 e. The topological polar surface area (TPSA) is 66.8 Å². The van der Waals surface area contributed by atoms with Crippen molar-refractivity contribution < 1.29 is 35.3 Å². The lowest BCUT2D eigenvalue weighted by Gasteiger charge is -2.23. The third-order valence-corrected chi connectivity index (χ3v) is 2.37. The second-order valence-corrected chi connectivity index (χ2v) is 4.62. The molecular weight excluding hydrogens is 258 g/mol. The number of rotatable bonds is 6. The summed E-state index contributed by atoms with van der Waals surface area (Å²) in [4.78, 5) is 1.36. The highest BCUT2D eigenvalue weighted by Gasteiger charge is 2.67. The molecule has 16 heavy (non-hydrogen) atoms. The molecule has 1 N–H and O–H groups in total. The number of likely N-dealkylation sites (N-methyl/N-ethyl adjacent to an activating group) is 1. The fraction of sp³-hybridized carbons (Fsp3) is 1.00.